The van der Waals surface area contributed by atoms with Crippen LogP contribution in [-0.2, 0) is 16.6 Å². The number of hydrogen-bond acceptors (Lipinski definition) is 11. The molecule has 0 amide bonds. The molecule has 6 aromatic rings. The second-order valence-corrected chi connectivity index (χ2v) is 17.6. The van der Waals surface area contributed by atoms with E-state index in [-0.39, 0.29) is 28.1 Å². The van der Waals surface area contributed by atoms with Crippen LogP contribution in [-0.4, -0.2) is 91.7 Å². The predicted molar refractivity (Wildman–Crippen MR) is 236 cm³/mol. The Kier molecular flexibility index (Phi) is 13.1. The number of thioether (sulfide) groups is 1. The summed E-state index contributed by atoms with van der Waals surface area (Å²) in [4.78, 5) is 28.1. The van der Waals surface area contributed by atoms with E-state index in [1.807, 2.05) is 93.0 Å². The fourth-order valence-electron chi connectivity index (χ4n) is 7.00. The molecule has 15 heteroatoms. The van der Waals surface area contributed by atoms with Crippen molar-refractivity contribution in [1.29, 1.82) is 0 Å². The molecule has 0 aliphatic carbocycles. The van der Waals surface area contributed by atoms with Crippen molar-refractivity contribution in [2.75, 3.05) is 67.5 Å². The summed E-state index contributed by atoms with van der Waals surface area (Å²) in [6.07, 6.45) is 2.04. The molecule has 58 heavy (non-hydrogen) atoms. The maximum absolute atomic E-state index is 13.7. The lowest BCUT2D eigenvalue weighted by Crippen LogP contribution is -2.46. The summed E-state index contributed by atoms with van der Waals surface area (Å²) in [5.74, 6) is 0.747. The number of nitrogens with zero attached hydrogens (tertiary/aromatic N) is 6. The Hall–Kier alpha value is -5.25. The van der Waals surface area contributed by atoms with Crippen molar-refractivity contribution in [1.82, 2.24) is 19.8 Å². The van der Waals surface area contributed by atoms with Crippen LogP contribution in [0, 0.1) is 10.1 Å². The number of rotatable bonds is 16. The summed E-state index contributed by atoms with van der Waals surface area (Å²) in [5.41, 5.74) is 4.84. The molecule has 1 fully saturated rings. The third-order valence-electron chi connectivity index (χ3n) is 10.1. The minimum absolute atomic E-state index is 0.0851. The van der Waals surface area contributed by atoms with Gasteiger partial charge < -0.3 is 15.1 Å². The van der Waals surface area contributed by atoms with Gasteiger partial charge in [0.05, 0.1) is 15.3 Å². The molecule has 7 rings (SSSR count). The van der Waals surface area contributed by atoms with Crippen molar-refractivity contribution >= 4 is 67.2 Å². The van der Waals surface area contributed by atoms with Crippen molar-refractivity contribution < 1.29 is 13.3 Å². The predicted octanol–water partition coefficient (Wildman–Crippen LogP) is 8.51. The van der Waals surface area contributed by atoms with E-state index >= 15 is 0 Å². The highest BCUT2D eigenvalue weighted by Crippen LogP contribution is 2.34. The van der Waals surface area contributed by atoms with Crippen molar-refractivity contribution in [3.8, 4) is 11.1 Å². The SMILES string of the molecule is CN(C)CCC(CSc1ccccc1)Nc1ccc(S(=O)(=O)Nc2ncnc3cc(N4CCN(Cc5c(Cl)cccc5-c5ccccc5)CC4)ccc23)cc1[N+](=O)[O-]. The molecule has 0 saturated carbocycles. The van der Waals surface area contributed by atoms with Crippen LogP contribution < -0.4 is 14.9 Å². The Morgan fingerprint density at radius 3 is 2.36 bits per heavy atom. The smallest absolute Gasteiger partial charge is 0.293 e. The molecule has 1 atom stereocenters. The van der Waals surface area contributed by atoms with E-state index in [9.17, 15) is 18.5 Å². The summed E-state index contributed by atoms with van der Waals surface area (Å²) < 4.78 is 30.1. The number of nitro benzene ring substituents is 1. The highest BCUT2D eigenvalue weighted by molar-refractivity contribution is 7.99. The monoisotopic (exact) mass is 836 g/mol. The van der Waals surface area contributed by atoms with Gasteiger partial charge >= 0.3 is 0 Å². The van der Waals surface area contributed by atoms with Gasteiger partial charge in [0.2, 0.25) is 0 Å². The van der Waals surface area contributed by atoms with Gasteiger partial charge in [-0.25, -0.2) is 18.4 Å². The zero-order valence-corrected chi connectivity index (χ0v) is 34.7. The molecular formula is C43H45ClN8O4S2. The van der Waals surface area contributed by atoms with E-state index in [1.54, 1.807) is 11.8 Å². The van der Waals surface area contributed by atoms with Gasteiger partial charge in [0.25, 0.3) is 15.7 Å². The Labute approximate surface area is 348 Å². The maximum atomic E-state index is 13.7. The quantitative estimate of drug-likeness (QED) is 0.0552. The number of benzene rings is 5. The van der Waals surface area contributed by atoms with Gasteiger partial charge in [-0.3, -0.25) is 19.7 Å². The summed E-state index contributed by atoms with van der Waals surface area (Å²) in [6, 6.07) is 35.8. The number of sulfonamides is 1. The van der Waals surface area contributed by atoms with E-state index in [4.69, 9.17) is 11.6 Å². The standard InChI is InChI=1S/C43H45ClN8O4S2/c1-49(2)21-20-32(29-57-34-12-7-4-8-13-34)47-40-19-17-35(27-42(40)52(53)54)58(55,56)48-43-37-18-16-33(26-41(37)45-30-46-43)51-24-22-50(23-25-51)28-38-36(14-9-15-39(38)44)31-10-5-3-6-11-31/h3-19,26-27,30,32,47H,20-25,28-29H2,1-2H3,(H,45,46,48). The molecule has 5 aromatic carbocycles. The first kappa shape index (κ1) is 40.9. The largest absolute Gasteiger partial charge is 0.376 e. The summed E-state index contributed by atoms with van der Waals surface area (Å²) >= 11 is 8.38. The summed E-state index contributed by atoms with van der Waals surface area (Å²) in [7, 11) is -0.317. The van der Waals surface area contributed by atoms with E-state index in [2.05, 4.69) is 52.9 Å². The summed E-state index contributed by atoms with van der Waals surface area (Å²) in [5, 5.41) is 16.9. The Morgan fingerprint density at radius 2 is 1.64 bits per heavy atom. The van der Waals surface area contributed by atoms with Gasteiger partial charge in [-0.15, -0.1) is 11.8 Å². The van der Waals surface area contributed by atoms with Crippen LogP contribution in [0.1, 0.15) is 12.0 Å². The van der Waals surface area contributed by atoms with Crippen LogP contribution >= 0.6 is 23.4 Å². The van der Waals surface area contributed by atoms with Crippen LogP contribution in [0.4, 0.5) is 22.9 Å². The van der Waals surface area contributed by atoms with Crippen molar-refractivity contribution in [2.24, 2.45) is 0 Å². The normalized spacial score (nSPS) is 14.1. The van der Waals surface area contributed by atoms with E-state index in [1.165, 1.54) is 18.5 Å². The fourth-order valence-corrected chi connectivity index (χ4v) is 9.28. The second-order valence-electron chi connectivity index (χ2n) is 14.4. The highest BCUT2D eigenvalue weighted by Gasteiger charge is 2.25. The first-order chi connectivity index (χ1) is 28.0. The molecule has 12 nitrogen and oxygen atoms in total. The average molecular weight is 837 g/mol. The molecule has 1 saturated heterocycles. The van der Waals surface area contributed by atoms with Crippen LogP contribution in [0.25, 0.3) is 22.0 Å². The van der Waals surface area contributed by atoms with Gasteiger partial charge in [-0.1, -0.05) is 72.3 Å². The number of piperazine rings is 1. The minimum Gasteiger partial charge on any atom is -0.376 e. The molecule has 300 valence electrons. The molecule has 0 bridgehead atoms. The van der Waals surface area contributed by atoms with E-state index in [0.717, 1.165) is 84.1 Å². The molecule has 1 aliphatic heterocycles. The van der Waals surface area contributed by atoms with Crippen LogP contribution in [0.15, 0.2) is 131 Å². The Morgan fingerprint density at radius 1 is 0.897 bits per heavy atom. The van der Waals surface area contributed by atoms with Crippen LogP contribution in [0.2, 0.25) is 5.02 Å². The minimum atomic E-state index is -4.27. The number of aromatic nitrogens is 2. The number of halogens is 1. The second kappa shape index (κ2) is 18.6. The maximum Gasteiger partial charge on any atom is 0.293 e. The third-order valence-corrected chi connectivity index (χ3v) is 13.0. The fraction of sp³-hybridized carbons (Fsp3) is 0.256. The lowest BCUT2D eigenvalue weighted by molar-refractivity contribution is -0.384. The van der Waals surface area contributed by atoms with Crippen LogP contribution in [0.5, 0.6) is 0 Å². The average Bonchev–Trinajstić information content (AvgIpc) is 3.23. The van der Waals surface area contributed by atoms with E-state index < -0.39 is 14.9 Å². The third kappa shape index (κ3) is 10.1. The number of hydrogen-bond donors (Lipinski definition) is 2. The van der Waals surface area contributed by atoms with Gasteiger partial charge in [0, 0.05) is 71.6 Å². The Bertz CT molecular complexity index is 2470. The number of nitro groups is 1. The summed E-state index contributed by atoms with van der Waals surface area (Å²) in [6.45, 7) is 4.73. The lowest BCUT2D eigenvalue weighted by Gasteiger charge is -2.36. The van der Waals surface area contributed by atoms with Crippen molar-refractivity contribution in [3.63, 3.8) is 0 Å². The topological polar surface area (TPSA) is 137 Å². The molecule has 1 aliphatic rings. The molecule has 0 spiro atoms. The molecule has 2 N–H and O–H groups in total. The van der Waals surface area contributed by atoms with Crippen molar-refractivity contribution in [3.05, 3.63) is 142 Å². The number of anilines is 3. The van der Waals surface area contributed by atoms with Gasteiger partial charge in [0.15, 0.2) is 5.82 Å². The lowest BCUT2D eigenvalue weighted by atomic mass is 9.99. The van der Waals surface area contributed by atoms with Gasteiger partial charge in [-0.05, 0) is 92.3 Å². The molecule has 2 heterocycles. The number of fused-ring (bicyclic) bond motifs is 1. The highest BCUT2D eigenvalue weighted by atomic mass is 35.5. The van der Waals surface area contributed by atoms with Gasteiger partial charge in [0.1, 0.15) is 12.0 Å². The first-order valence-electron chi connectivity index (χ1n) is 19.0. The first-order valence-corrected chi connectivity index (χ1v) is 21.8. The molecular weight excluding hydrogens is 792 g/mol. The Balaban J connectivity index is 1.03. The zero-order valence-electron chi connectivity index (χ0n) is 32.3. The van der Waals surface area contributed by atoms with Crippen LogP contribution in [0.3, 0.4) is 0 Å². The molecule has 1 aromatic heterocycles. The van der Waals surface area contributed by atoms with E-state index in [0.29, 0.717) is 16.7 Å². The molecule has 0 radical (unpaired) electrons. The molecule has 1 unspecified atom stereocenters. The zero-order chi connectivity index (χ0) is 40.6. The van der Waals surface area contributed by atoms with Gasteiger partial charge in [-0.2, -0.15) is 0 Å². The van der Waals surface area contributed by atoms with Crippen molar-refractivity contribution in [2.45, 2.75) is 28.8 Å². The number of nitrogens with one attached hydrogen (secondary N) is 2.